The van der Waals surface area contributed by atoms with E-state index in [1.807, 2.05) is 44.7 Å². The quantitative estimate of drug-likeness (QED) is 0.568. The minimum atomic E-state index is -0.384. The zero-order valence-electron chi connectivity index (χ0n) is 22.3. The molecule has 0 saturated heterocycles. The van der Waals surface area contributed by atoms with Gasteiger partial charge in [0.2, 0.25) is 11.8 Å². The first-order valence-corrected chi connectivity index (χ1v) is 12.9. The molecule has 1 aliphatic carbocycles. The van der Waals surface area contributed by atoms with Gasteiger partial charge < -0.3 is 19.9 Å². The summed E-state index contributed by atoms with van der Waals surface area (Å²) >= 11 is 0. The number of anilines is 2. The summed E-state index contributed by atoms with van der Waals surface area (Å²) in [6.45, 7) is 10.9. The molecular formula is C27H42N4O4. The Kier molecular flexibility index (Phi) is 8.80. The van der Waals surface area contributed by atoms with E-state index < -0.39 is 0 Å². The number of carbonyl (C=O) groups is 3. The van der Waals surface area contributed by atoms with Crippen molar-refractivity contribution in [3.05, 3.63) is 23.8 Å². The molecule has 0 radical (unpaired) electrons. The van der Waals surface area contributed by atoms with Crippen LogP contribution in [0.2, 0.25) is 0 Å². The number of carbonyl (C=O) groups excluding carboxylic acids is 3. The minimum Gasteiger partial charge on any atom is -0.446 e. The van der Waals surface area contributed by atoms with Gasteiger partial charge in [0.15, 0.2) is 0 Å². The molecule has 35 heavy (non-hydrogen) atoms. The number of hydrogen-bond donors (Lipinski definition) is 1. The van der Waals surface area contributed by atoms with Crippen LogP contribution in [0, 0.1) is 5.92 Å². The average molecular weight is 487 g/mol. The van der Waals surface area contributed by atoms with Gasteiger partial charge in [-0.15, -0.1) is 0 Å². The highest BCUT2D eigenvalue weighted by molar-refractivity contribution is 6.04. The molecule has 1 fully saturated rings. The summed E-state index contributed by atoms with van der Waals surface area (Å²) in [5.74, 6) is 0.544. The number of ether oxygens (including phenoxy) is 1. The third-order valence-electron chi connectivity index (χ3n) is 6.81. The number of rotatable bonds is 9. The van der Waals surface area contributed by atoms with E-state index in [0.717, 1.165) is 36.2 Å². The van der Waals surface area contributed by atoms with Crippen LogP contribution in [0.1, 0.15) is 71.8 Å². The maximum atomic E-state index is 13.1. The van der Waals surface area contributed by atoms with Gasteiger partial charge in [0.25, 0.3) is 0 Å². The Balaban J connectivity index is 1.86. The van der Waals surface area contributed by atoms with E-state index >= 15 is 0 Å². The van der Waals surface area contributed by atoms with Crippen LogP contribution in [0.25, 0.3) is 0 Å². The van der Waals surface area contributed by atoms with Crippen LogP contribution >= 0.6 is 0 Å². The van der Waals surface area contributed by atoms with Crippen LogP contribution < -0.4 is 15.1 Å². The monoisotopic (exact) mass is 486 g/mol. The van der Waals surface area contributed by atoms with Crippen LogP contribution in [0.15, 0.2) is 18.2 Å². The molecule has 194 valence electrons. The van der Waals surface area contributed by atoms with E-state index in [2.05, 4.69) is 18.3 Å². The van der Waals surface area contributed by atoms with E-state index in [0.29, 0.717) is 19.5 Å². The van der Waals surface area contributed by atoms with Crippen molar-refractivity contribution >= 4 is 29.3 Å². The lowest BCUT2D eigenvalue weighted by Crippen LogP contribution is -2.52. The highest BCUT2D eigenvalue weighted by Gasteiger charge is 2.41. The van der Waals surface area contributed by atoms with Gasteiger partial charge in [-0.3, -0.25) is 14.5 Å². The van der Waals surface area contributed by atoms with Crippen LogP contribution in [0.4, 0.5) is 16.2 Å². The molecule has 1 N–H and O–H groups in total. The third kappa shape index (κ3) is 6.54. The molecule has 3 unspecified atom stereocenters. The lowest BCUT2D eigenvalue weighted by Gasteiger charge is -2.41. The lowest BCUT2D eigenvalue weighted by atomic mass is 9.93. The van der Waals surface area contributed by atoms with Gasteiger partial charge in [-0.25, -0.2) is 4.79 Å². The third-order valence-corrected chi connectivity index (χ3v) is 6.81. The second kappa shape index (κ2) is 11.4. The molecule has 2 aliphatic rings. The SMILES string of the molecule is CCC(CNC(C)CC(=O)N(C)C)c1ccc2c(c1)N(C(=O)OC(C)C)CC(C)N2C(=O)C1CC1. The van der Waals surface area contributed by atoms with E-state index in [-0.39, 0.29) is 47.9 Å². The molecular weight excluding hydrogens is 444 g/mol. The fraction of sp³-hybridized carbons (Fsp3) is 0.667. The van der Waals surface area contributed by atoms with E-state index in [1.165, 1.54) is 0 Å². The van der Waals surface area contributed by atoms with Crippen LogP contribution in [-0.2, 0) is 14.3 Å². The van der Waals surface area contributed by atoms with Gasteiger partial charge in [0, 0.05) is 45.6 Å². The smallest absolute Gasteiger partial charge is 0.414 e. The molecule has 8 nitrogen and oxygen atoms in total. The fourth-order valence-electron chi connectivity index (χ4n) is 4.56. The average Bonchev–Trinajstić information content (AvgIpc) is 3.63. The first-order chi connectivity index (χ1) is 16.5. The molecule has 8 heteroatoms. The summed E-state index contributed by atoms with van der Waals surface area (Å²) in [6, 6.07) is 6.03. The predicted molar refractivity (Wildman–Crippen MR) is 139 cm³/mol. The first kappa shape index (κ1) is 27.0. The van der Waals surface area contributed by atoms with Gasteiger partial charge in [0.05, 0.1) is 23.5 Å². The van der Waals surface area contributed by atoms with Crippen molar-refractivity contribution in [1.29, 1.82) is 0 Å². The van der Waals surface area contributed by atoms with Gasteiger partial charge in [0.1, 0.15) is 0 Å². The van der Waals surface area contributed by atoms with E-state index in [1.54, 1.807) is 23.9 Å². The molecule has 0 spiro atoms. The van der Waals surface area contributed by atoms with Gasteiger partial charge in [-0.2, -0.15) is 0 Å². The fourth-order valence-corrected chi connectivity index (χ4v) is 4.56. The summed E-state index contributed by atoms with van der Waals surface area (Å²) in [5, 5.41) is 3.50. The summed E-state index contributed by atoms with van der Waals surface area (Å²) in [4.78, 5) is 43.4. The van der Waals surface area contributed by atoms with Crippen molar-refractivity contribution in [3.63, 3.8) is 0 Å². The maximum Gasteiger partial charge on any atom is 0.414 e. The number of nitrogens with one attached hydrogen (secondary N) is 1. The molecule has 3 amide bonds. The van der Waals surface area contributed by atoms with Crippen molar-refractivity contribution in [2.24, 2.45) is 5.92 Å². The zero-order chi connectivity index (χ0) is 25.9. The van der Waals surface area contributed by atoms with Crippen LogP contribution in [0.3, 0.4) is 0 Å². The Morgan fingerprint density at radius 3 is 2.40 bits per heavy atom. The Morgan fingerprint density at radius 2 is 1.83 bits per heavy atom. The number of fused-ring (bicyclic) bond motifs is 1. The number of nitrogens with zero attached hydrogens (tertiary/aromatic N) is 3. The van der Waals surface area contributed by atoms with Crippen molar-refractivity contribution in [2.75, 3.05) is 37.0 Å². The standard InChI is InChI=1S/C27H42N4O4/c1-8-20(15-28-18(4)13-25(32)29(6)7)22-11-12-23-24(14-22)30(27(34)35-17(2)3)16-19(5)31(23)26(33)21-9-10-21/h11-12,14,17-21,28H,8-10,13,15-16H2,1-7H3. The molecule has 1 aromatic rings. The van der Waals surface area contributed by atoms with Crippen LogP contribution in [0.5, 0.6) is 0 Å². The molecule has 1 aliphatic heterocycles. The second-order valence-electron chi connectivity index (χ2n) is 10.5. The van der Waals surface area contributed by atoms with E-state index in [9.17, 15) is 14.4 Å². The van der Waals surface area contributed by atoms with Gasteiger partial charge in [-0.1, -0.05) is 13.0 Å². The highest BCUT2D eigenvalue weighted by atomic mass is 16.6. The second-order valence-corrected chi connectivity index (χ2v) is 10.5. The predicted octanol–water partition coefficient (Wildman–Crippen LogP) is 4.13. The topological polar surface area (TPSA) is 82.2 Å². The number of benzene rings is 1. The summed E-state index contributed by atoms with van der Waals surface area (Å²) in [7, 11) is 3.54. The number of hydrogen-bond acceptors (Lipinski definition) is 5. The molecule has 0 aromatic heterocycles. The minimum absolute atomic E-state index is 0.0570. The molecule has 0 bridgehead atoms. The van der Waals surface area contributed by atoms with Gasteiger partial charge >= 0.3 is 6.09 Å². The molecule has 1 saturated carbocycles. The Hall–Kier alpha value is -2.61. The van der Waals surface area contributed by atoms with Crippen molar-refractivity contribution in [2.45, 2.75) is 84.4 Å². The zero-order valence-corrected chi connectivity index (χ0v) is 22.3. The molecule has 1 aromatic carbocycles. The maximum absolute atomic E-state index is 13.1. The molecule has 3 rings (SSSR count). The molecule has 1 heterocycles. The van der Waals surface area contributed by atoms with Crippen molar-refractivity contribution < 1.29 is 19.1 Å². The van der Waals surface area contributed by atoms with Gasteiger partial charge in [-0.05, 0) is 70.6 Å². The van der Waals surface area contributed by atoms with Crippen molar-refractivity contribution in [1.82, 2.24) is 10.2 Å². The Bertz CT molecular complexity index is 928. The summed E-state index contributed by atoms with van der Waals surface area (Å²) < 4.78 is 5.55. The Labute approximate surface area is 210 Å². The number of amides is 3. The van der Waals surface area contributed by atoms with Crippen LogP contribution in [-0.4, -0.2) is 68.2 Å². The Morgan fingerprint density at radius 1 is 1.14 bits per heavy atom. The summed E-state index contributed by atoms with van der Waals surface area (Å²) in [6.07, 6.45) is 2.61. The summed E-state index contributed by atoms with van der Waals surface area (Å²) in [5.41, 5.74) is 2.60. The van der Waals surface area contributed by atoms with E-state index in [4.69, 9.17) is 4.74 Å². The lowest BCUT2D eigenvalue weighted by molar-refractivity contribution is -0.129. The largest absolute Gasteiger partial charge is 0.446 e. The first-order valence-electron chi connectivity index (χ1n) is 12.9. The normalized spacial score (nSPS) is 19.3. The molecule has 3 atom stereocenters. The highest BCUT2D eigenvalue weighted by Crippen LogP contribution is 2.42. The van der Waals surface area contributed by atoms with Crippen molar-refractivity contribution in [3.8, 4) is 0 Å².